The molecule has 0 amide bonds. The molecule has 140 valence electrons. The predicted molar refractivity (Wildman–Crippen MR) is 108 cm³/mol. The van der Waals surface area contributed by atoms with Gasteiger partial charge in [-0.05, 0) is 48.5 Å². The van der Waals surface area contributed by atoms with E-state index in [0.29, 0.717) is 32.3 Å². The Labute approximate surface area is 168 Å². The Morgan fingerprint density at radius 3 is 2.46 bits per heavy atom. The largest absolute Gasteiger partial charge is 0.268 e. The molecule has 7 heteroatoms. The van der Waals surface area contributed by atoms with Crippen molar-refractivity contribution < 1.29 is 8.78 Å². The summed E-state index contributed by atoms with van der Waals surface area (Å²) in [6, 6.07) is 17.0. The molecule has 0 aliphatic rings. The molecule has 0 saturated heterocycles. The van der Waals surface area contributed by atoms with E-state index in [2.05, 4.69) is 4.98 Å². The fourth-order valence-corrected chi connectivity index (χ4v) is 4.19. The number of benzene rings is 3. The van der Waals surface area contributed by atoms with Crippen LogP contribution in [0.2, 0.25) is 5.02 Å². The molecule has 0 unspecified atom stereocenters. The van der Waals surface area contributed by atoms with Crippen molar-refractivity contribution in [1.82, 2.24) is 9.55 Å². The third-order valence-corrected chi connectivity index (χ3v) is 5.56. The smallest absolute Gasteiger partial charge is 0.266 e. The van der Waals surface area contributed by atoms with Gasteiger partial charge in [0.2, 0.25) is 0 Å². The quantitative estimate of drug-likeness (QED) is 0.321. The van der Waals surface area contributed by atoms with Crippen molar-refractivity contribution >= 4 is 34.3 Å². The first-order valence-electron chi connectivity index (χ1n) is 8.38. The predicted octanol–water partition coefficient (Wildman–Crippen LogP) is 5.61. The van der Waals surface area contributed by atoms with E-state index in [1.807, 2.05) is 0 Å². The minimum absolute atomic E-state index is 0.192. The molecule has 0 spiro atoms. The van der Waals surface area contributed by atoms with Crippen molar-refractivity contribution in [2.24, 2.45) is 0 Å². The fraction of sp³-hybridized carbons (Fsp3) is 0.0476. The number of para-hydroxylation sites is 1. The highest BCUT2D eigenvalue weighted by Crippen LogP contribution is 2.29. The normalized spacial score (nSPS) is 11.1. The molecule has 1 heterocycles. The SMILES string of the molecule is O=c1c2ccccc2nc(SCc2c(F)cccc2Cl)n1-c1ccc(F)cc1. The van der Waals surface area contributed by atoms with Crippen LogP contribution in [-0.4, -0.2) is 9.55 Å². The molecular formula is C21H13ClF2N2OS. The van der Waals surface area contributed by atoms with Crippen molar-refractivity contribution in [2.75, 3.05) is 0 Å². The second-order valence-corrected chi connectivity index (χ2v) is 7.37. The Morgan fingerprint density at radius 2 is 1.71 bits per heavy atom. The van der Waals surface area contributed by atoms with Crippen LogP contribution >= 0.6 is 23.4 Å². The van der Waals surface area contributed by atoms with Gasteiger partial charge in [-0.3, -0.25) is 9.36 Å². The molecule has 0 bridgehead atoms. The zero-order valence-corrected chi connectivity index (χ0v) is 16.0. The summed E-state index contributed by atoms with van der Waals surface area (Å²) in [4.78, 5) is 17.7. The summed E-state index contributed by atoms with van der Waals surface area (Å²) in [5.41, 5.74) is 1.07. The Hall–Kier alpha value is -2.70. The maximum absolute atomic E-state index is 14.1. The second-order valence-electron chi connectivity index (χ2n) is 6.02. The van der Waals surface area contributed by atoms with Crippen molar-refractivity contribution in [3.05, 3.63) is 99.3 Å². The monoisotopic (exact) mass is 414 g/mol. The van der Waals surface area contributed by atoms with Gasteiger partial charge in [0.1, 0.15) is 11.6 Å². The van der Waals surface area contributed by atoms with Gasteiger partial charge in [0.05, 0.1) is 16.6 Å². The summed E-state index contributed by atoms with van der Waals surface area (Å²) in [5.74, 6) is -0.633. The van der Waals surface area contributed by atoms with Crippen molar-refractivity contribution in [3.8, 4) is 5.69 Å². The molecular weight excluding hydrogens is 402 g/mol. The Bertz CT molecular complexity index is 1210. The van der Waals surface area contributed by atoms with Crippen LogP contribution in [0.1, 0.15) is 5.56 Å². The van der Waals surface area contributed by atoms with Crippen molar-refractivity contribution in [3.63, 3.8) is 0 Å². The molecule has 28 heavy (non-hydrogen) atoms. The van der Waals surface area contributed by atoms with E-state index in [0.717, 1.165) is 0 Å². The maximum Gasteiger partial charge on any atom is 0.266 e. The standard InChI is InChI=1S/C21H13ClF2N2OS/c22-17-5-3-6-18(24)16(17)12-28-21-25-19-7-2-1-4-15(19)20(27)26(21)14-10-8-13(23)9-11-14/h1-11H,12H2. The summed E-state index contributed by atoms with van der Waals surface area (Å²) < 4.78 is 28.9. The third kappa shape index (κ3) is 3.53. The summed E-state index contributed by atoms with van der Waals surface area (Å²) >= 11 is 7.30. The molecule has 4 aromatic rings. The van der Waals surface area contributed by atoms with Crippen LogP contribution in [0.5, 0.6) is 0 Å². The number of halogens is 3. The van der Waals surface area contributed by atoms with Crippen LogP contribution < -0.4 is 5.56 Å². The van der Waals surface area contributed by atoms with Gasteiger partial charge in [-0.25, -0.2) is 13.8 Å². The van der Waals surface area contributed by atoms with E-state index in [1.165, 1.54) is 52.7 Å². The van der Waals surface area contributed by atoms with Gasteiger partial charge in [-0.1, -0.05) is 41.6 Å². The van der Waals surface area contributed by atoms with Crippen molar-refractivity contribution in [2.45, 2.75) is 10.9 Å². The molecule has 3 aromatic carbocycles. The highest BCUT2D eigenvalue weighted by atomic mass is 35.5. The lowest BCUT2D eigenvalue weighted by molar-refractivity contribution is 0.617. The van der Waals surface area contributed by atoms with Gasteiger partial charge >= 0.3 is 0 Å². The van der Waals surface area contributed by atoms with Crippen molar-refractivity contribution in [1.29, 1.82) is 0 Å². The minimum atomic E-state index is -0.420. The van der Waals surface area contributed by atoms with Gasteiger partial charge in [-0.2, -0.15) is 0 Å². The lowest BCUT2D eigenvalue weighted by Crippen LogP contribution is -2.21. The van der Waals surface area contributed by atoms with E-state index in [1.54, 1.807) is 30.3 Å². The summed E-state index contributed by atoms with van der Waals surface area (Å²) in [5, 5.41) is 1.12. The molecule has 1 aromatic heterocycles. The average molecular weight is 415 g/mol. The Morgan fingerprint density at radius 1 is 0.964 bits per heavy atom. The molecule has 0 radical (unpaired) electrons. The number of aromatic nitrogens is 2. The highest BCUT2D eigenvalue weighted by molar-refractivity contribution is 7.98. The molecule has 0 aliphatic heterocycles. The summed E-state index contributed by atoms with van der Waals surface area (Å²) in [6.07, 6.45) is 0. The summed E-state index contributed by atoms with van der Waals surface area (Å²) in [7, 11) is 0. The number of rotatable bonds is 4. The van der Waals surface area contributed by atoms with E-state index in [-0.39, 0.29) is 11.3 Å². The first-order chi connectivity index (χ1) is 13.5. The van der Waals surface area contributed by atoms with Gasteiger partial charge in [-0.15, -0.1) is 0 Å². The molecule has 4 rings (SSSR count). The second kappa shape index (κ2) is 7.73. The van der Waals surface area contributed by atoms with E-state index in [9.17, 15) is 13.6 Å². The topological polar surface area (TPSA) is 34.9 Å². The zero-order valence-electron chi connectivity index (χ0n) is 14.4. The van der Waals surface area contributed by atoms with Crippen LogP contribution in [0.3, 0.4) is 0 Å². The van der Waals surface area contributed by atoms with Crippen LogP contribution in [-0.2, 0) is 5.75 Å². The number of hydrogen-bond donors (Lipinski definition) is 0. The highest BCUT2D eigenvalue weighted by Gasteiger charge is 2.15. The maximum atomic E-state index is 14.1. The summed E-state index contributed by atoms with van der Waals surface area (Å²) in [6.45, 7) is 0. The number of hydrogen-bond acceptors (Lipinski definition) is 3. The third-order valence-electron chi connectivity index (χ3n) is 4.24. The van der Waals surface area contributed by atoms with Crippen LogP contribution in [0, 0.1) is 11.6 Å². The molecule has 3 nitrogen and oxygen atoms in total. The molecule has 0 aliphatic carbocycles. The minimum Gasteiger partial charge on any atom is -0.268 e. The van der Waals surface area contributed by atoms with Crippen LogP contribution in [0.15, 0.2) is 76.7 Å². The van der Waals surface area contributed by atoms with Crippen LogP contribution in [0.4, 0.5) is 8.78 Å². The average Bonchev–Trinajstić information content (AvgIpc) is 2.69. The zero-order chi connectivity index (χ0) is 19.7. The van der Waals surface area contributed by atoms with Gasteiger partial charge in [0.15, 0.2) is 5.16 Å². The molecule has 0 fully saturated rings. The molecule has 0 atom stereocenters. The van der Waals surface area contributed by atoms with E-state index < -0.39 is 11.6 Å². The lowest BCUT2D eigenvalue weighted by Gasteiger charge is -2.14. The number of thioether (sulfide) groups is 1. The van der Waals surface area contributed by atoms with E-state index in [4.69, 9.17) is 11.6 Å². The van der Waals surface area contributed by atoms with Gasteiger partial charge in [0, 0.05) is 16.3 Å². The lowest BCUT2D eigenvalue weighted by atomic mass is 10.2. The van der Waals surface area contributed by atoms with Gasteiger partial charge in [0.25, 0.3) is 5.56 Å². The first kappa shape index (κ1) is 18.7. The molecule has 0 saturated carbocycles. The number of fused-ring (bicyclic) bond motifs is 1. The molecule has 0 N–H and O–H groups in total. The Balaban J connectivity index is 1.85. The number of nitrogens with zero attached hydrogens (tertiary/aromatic N) is 2. The van der Waals surface area contributed by atoms with Crippen LogP contribution in [0.25, 0.3) is 16.6 Å². The van der Waals surface area contributed by atoms with E-state index >= 15 is 0 Å². The fourth-order valence-electron chi connectivity index (χ4n) is 2.83. The van der Waals surface area contributed by atoms with Gasteiger partial charge < -0.3 is 0 Å². The Kier molecular flexibility index (Phi) is 5.15. The first-order valence-corrected chi connectivity index (χ1v) is 9.74.